The van der Waals surface area contributed by atoms with Crippen molar-refractivity contribution in [2.24, 2.45) is 0 Å². The predicted molar refractivity (Wildman–Crippen MR) is 133 cm³/mol. The summed E-state index contributed by atoms with van der Waals surface area (Å²) in [5.74, 6) is -0.0331. The fourth-order valence-electron chi connectivity index (χ4n) is 2.96. The second kappa shape index (κ2) is 12.7. The number of carbonyl (C=O) groups excluding carboxylic acids is 1. The Bertz CT molecular complexity index is 1060. The second-order valence-corrected chi connectivity index (χ2v) is 9.79. The number of hydrogen-bond donors (Lipinski definition) is 3. The topological polar surface area (TPSA) is 106 Å². The van der Waals surface area contributed by atoms with Crippen molar-refractivity contribution in [1.29, 1.82) is 0 Å². The third-order valence-electron chi connectivity index (χ3n) is 4.73. The number of esters is 1. The summed E-state index contributed by atoms with van der Waals surface area (Å²) in [6, 6.07) is 10.6. The first kappa shape index (κ1) is 26.8. The molecule has 180 valence electrons. The maximum Gasteiger partial charge on any atom is 0.323 e. The molecule has 0 radical (unpaired) electrons. The molecule has 0 spiro atoms. The second-order valence-electron chi connectivity index (χ2n) is 7.23. The minimum absolute atomic E-state index is 0.0940. The lowest BCUT2D eigenvalue weighted by Crippen LogP contribution is -2.41. The monoisotopic (exact) mass is 513 g/mol. The van der Waals surface area contributed by atoms with Gasteiger partial charge in [0.25, 0.3) is 0 Å². The molecule has 33 heavy (non-hydrogen) atoms. The highest BCUT2D eigenvalue weighted by Gasteiger charge is 2.26. The van der Waals surface area contributed by atoms with Gasteiger partial charge in [-0.15, -0.1) is 0 Å². The maximum absolute atomic E-state index is 12.6. The zero-order chi connectivity index (χ0) is 24.4. The van der Waals surface area contributed by atoms with E-state index in [0.29, 0.717) is 41.0 Å². The molecule has 0 fully saturated rings. The summed E-state index contributed by atoms with van der Waals surface area (Å²) in [5, 5.41) is 7.03. The number of aryl methyl sites for hydroxylation is 1. The van der Waals surface area contributed by atoms with E-state index in [1.165, 1.54) is 19.2 Å². The van der Waals surface area contributed by atoms with Gasteiger partial charge in [0.15, 0.2) is 5.11 Å². The van der Waals surface area contributed by atoms with Crippen LogP contribution in [0, 0.1) is 6.92 Å². The quantitative estimate of drug-likeness (QED) is 0.237. The fraction of sp³-hybridized carbons (Fsp3) is 0.364. The van der Waals surface area contributed by atoms with Gasteiger partial charge in [0.05, 0.1) is 24.8 Å². The Balaban J connectivity index is 1.84. The highest BCUT2D eigenvalue weighted by Crippen LogP contribution is 2.27. The van der Waals surface area contributed by atoms with E-state index in [2.05, 4.69) is 15.4 Å². The average molecular weight is 514 g/mol. The van der Waals surface area contributed by atoms with Gasteiger partial charge >= 0.3 is 5.97 Å². The van der Waals surface area contributed by atoms with Crippen molar-refractivity contribution in [2.45, 2.75) is 37.1 Å². The molecule has 1 unspecified atom stereocenters. The minimum Gasteiger partial charge on any atom is -0.495 e. The zero-order valence-corrected chi connectivity index (χ0v) is 21.1. The van der Waals surface area contributed by atoms with E-state index in [1.807, 2.05) is 6.92 Å². The maximum atomic E-state index is 12.6. The summed E-state index contributed by atoms with van der Waals surface area (Å²) >= 11 is 11.3. The van der Waals surface area contributed by atoms with E-state index in [-0.39, 0.29) is 11.3 Å². The molecule has 0 saturated carbocycles. The normalized spacial score (nSPS) is 12.0. The first-order chi connectivity index (χ1) is 15.7. The Labute approximate surface area is 205 Å². The molecule has 0 bridgehead atoms. The molecule has 0 aliphatic carbocycles. The van der Waals surface area contributed by atoms with E-state index in [4.69, 9.17) is 33.3 Å². The molecule has 0 amide bonds. The van der Waals surface area contributed by atoms with Crippen molar-refractivity contribution in [3.8, 4) is 5.75 Å². The summed E-state index contributed by atoms with van der Waals surface area (Å²) in [4.78, 5) is 12.2. The molecule has 0 aliphatic rings. The van der Waals surface area contributed by atoms with Gasteiger partial charge in [-0.1, -0.05) is 29.3 Å². The fourth-order valence-corrected chi connectivity index (χ4v) is 4.56. The van der Waals surface area contributed by atoms with Gasteiger partial charge in [0.1, 0.15) is 11.8 Å². The lowest BCUT2D eigenvalue weighted by Gasteiger charge is -2.17. The molecule has 3 N–H and O–H groups in total. The summed E-state index contributed by atoms with van der Waals surface area (Å²) in [6.45, 7) is 2.38. The van der Waals surface area contributed by atoms with Crippen molar-refractivity contribution in [3.05, 3.63) is 53.1 Å². The van der Waals surface area contributed by atoms with Gasteiger partial charge in [-0.05, 0) is 68.7 Å². The Hall–Kier alpha value is -2.40. The van der Waals surface area contributed by atoms with Crippen LogP contribution in [0.2, 0.25) is 5.02 Å². The van der Waals surface area contributed by atoms with Crippen molar-refractivity contribution < 1.29 is 22.7 Å². The molecule has 0 aliphatic heterocycles. The molecule has 8 nitrogen and oxygen atoms in total. The molecule has 2 rings (SSSR count). The number of halogens is 1. The van der Waals surface area contributed by atoms with Gasteiger partial charge in [-0.3, -0.25) is 4.79 Å². The summed E-state index contributed by atoms with van der Waals surface area (Å²) in [6.07, 6.45) is 1.49. The number of sulfonamides is 1. The Morgan fingerprint density at radius 2 is 1.82 bits per heavy atom. The number of nitrogens with one attached hydrogen (secondary N) is 3. The minimum atomic E-state index is -3.85. The Kier molecular flexibility index (Phi) is 10.4. The first-order valence-corrected chi connectivity index (χ1v) is 12.5. The smallest absolute Gasteiger partial charge is 0.323 e. The lowest BCUT2D eigenvalue weighted by molar-refractivity contribution is -0.142. The lowest BCUT2D eigenvalue weighted by atomic mass is 10.1. The zero-order valence-electron chi connectivity index (χ0n) is 18.7. The Morgan fingerprint density at radius 1 is 1.12 bits per heavy atom. The van der Waals surface area contributed by atoms with Gasteiger partial charge in [-0.2, -0.15) is 4.72 Å². The third kappa shape index (κ3) is 8.47. The summed E-state index contributed by atoms with van der Waals surface area (Å²) < 4.78 is 37.7. The third-order valence-corrected chi connectivity index (χ3v) is 6.70. The summed E-state index contributed by atoms with van der Waals surface area (Å²) in [7, 11) is -1.07. The van der Waals surface area contributed by atoms with Crippen LogP contribution in [0.1, 0.15) is 24.8 Å². The summed E-state index contributed by atoms with van der Waals surface area (Å²) in [5.41, 5.74) is 1.57. The Morgan fingerprint density at radius 3 is 2.45 bits per heavy atom. The van der Waals surface area contributed by atoms with Gasteiger partial charge in [-0.25, -0.2) is 8.42 Å². The SMILES string of the molecule is COC(=O)C(CCCCNC(=S)Nc1cc(Cl)ccc1OC)NS(=O)(=O)c1ccc(C)cc1. The number of thiocarbonyl (C=S) groups is 1. The highest BCUT2D eigenvalue weighted by molar-refractivity contribution is 7.89. The van der Waals surface area contributed by atoms with Crippen LogP contribution in [0.3, 0.4) is 0 Å². The average Bonchev–Trinajstić information content (AvgIpc) is 2.78. The van der Waals surface area contributed by atoms with E-state index in [0.717, 1.165) is 5.56 Å². The van der Waals surface area contributed by atoms with E-state index >= 15 is 0 Å². The van der Waals surface area contributed by atoms with Crippen molar-refractivity contribution in [1.82, 2.24) is 10.0 Å². The van der Waals surface area contributed by atoms with Crippen LogP contribution in [0.5, 0.6) is 5.75 Å². The van der Waals surface area contributed by atoms with Crippen molar-refractivity contribution in [3.63, 3.8) is 0 Å². The van der Waals surface area contributed by atoms with Crippen LogP contribution in [0.25, 0.3) is 0 Å². The number of methoxy groups -OCH3 is 2. The number of unbranched alkanes of at least 4 members (excludes halogenated alkanes) is 1. The van der Waals surface area contributed by atoms with E-state index in [9.17, 15) is 13.2 Å². The number of ether oxygens (including phenoxy) is 2. The number of rotatable bonds is 11. The van der Waals surface area contributed by atoms with Gasteiger partial charge in [0.2, 0.25) is 10.0 Å². The standard InChI is InChI=1S/C22H28ClN3O5S2/c1-15-7-10-17(11-8-15)33(28,29)26-18(21(27)31-3)6-4-5-13-24-22(32)25-19-14-16(23)9-12-20(19)30-2/h7-12,14,18,26H,4-6,13H2,1-3H3,(H2,24,25,32). The van der Waals surface area contributed by atoms with Crippen molar-refractivity contribution >= 4 is 50.6 Å². The van der Waals surface area contributed by atoms with Gasteiger partial charge in [0, 0.05) is 11.6 Å². The molecule has 0 aromatic heterocycles. The van der Waals surface area contributed by atoms with Crippen LogP contribution in [0.4, 0.5) is 5.69 Å². The molecule has 1 atom stereocenters. The van der Waals surface area contributed by atoms with Crippen LogP contribution in [-0.2, 0) is 19.6 Å². The van der Waals surface area contributed by atoms with E-state index in [1.54, 1.807) is 37.4 Å². The molecular formula is C22H28ClN3O5S2. The number of anilines is 1. The van der Waals surface area contributed by atoms with Crippen LogP contribution in [0.15, 0.2) is 47.4 Å². The van der Waals surface area contributed by atoms with Crippen molar-refractivity contribution in [2.75, 3.05) is 26.1 Å². The number of hydrogen-bond acceptors (Lipinski definition) is 6. The first-order valence-electron chi connectivity index (χ1n) is 10.2. The molecular weight excluding hydrogens is 486 g/mol. The predicted octanol–water partition coefficient (Wildman–Crippen LogP) is 3.63. The highest BCUT2D eigenvalue weighted by atomic mass is 35.5. The molecule has 0 saturated heterocycles. The van der Waals surface area contributed by atoms with Gasteiger partial charge < -0.3 is 20.1 Å². The molecule has 2 aromatic rings. The molecule has 2 aromatic carbocycles. The van der Waals surface area contributed by atoms with E-state index < -0.39 is 22.0 Å². The largest absolute Gasteiger partial charge is 0.495 e. The van der Waals surface area contributed by atoms with Crippen LogP contribution < -0.4 is 20.1 Å². The van der Waals surface area contributed by atoms with Crippen LogP contribution >= 0.6 is 23.8 Å². The molecule has 0 heterocycles. The number of benzene rings is 2. The number of carbonyl (C=O) groups is 1. The molecule has 11 heteroatoms. The van der Waals surface area contributed by atoms with Crippen LogP contribution in [-0.4, -0.2) is 46.3 Å².